The van der Waals surface area contributed by atoms with Crippen LogP contribution >= 0.6 is 0 Å². The van der Waals surface area contributed by atoms with Crippen molar-refractivity contribution in [1.82, 2.24) is 19.8 Å². The zero-order chi connectivity index (χ0) is 20.1. The van der Waals surface area contributed by atoms with Gasteiger partial charge in [0.25, 0.3) is 0 Å². The van der Waals surface area contributed by atoms with Crippen LogP contribution in [0, 0.1) is 0 Å². The van der Waals surface area contributed by atoms with E-state index in [9.17, 15) is 8.42 Å². The topological polar surface area (TPSA) is 87.3 Å². The second kappa shape index (κ2) is 8.87. The summed E-state index contributed by atoms with van der Waals surface area (Å²) < 4.78 is 32.1. The van der Waals surface area contributed by atoms with Gasteiger partial charge in [0.1, 0.15) is 0 Å². The van der Waals surface area contributed by atoms with Crippen molar-refractivity contribution in [2.24, 2.45) is 0 Å². The molecule has 0 atom stereocenters. The van der Waals surface area contributed by atoms with E-state index in [1.165, 1.54) is 4.31 Å². The minimum absolute atomic E-state index is 0.323. The Bertz CT molecular complexity index is 1030. The summed E-state index contributed by atoms with van der Waals surface area (Å²) in [6.07, 6.45) is 1.83. The molecule has 8 heteroatoms. The van der Waals surface area contributed by atoms with E-state index in [-0.39, 0.29) is 0 Å². The van der Waals surface area contributed by atoms with Crippen LogP contribution in [0.5, 0.6) is 0 Å². The molecule has 7 nitrogen and oxygen atoms in total. The fourth-order valence-corrected chi connectivity index (χ4v) is 4.76. The van der Waals surface area contributed by atoms with E-state index in [0.29, 0.717) is 44.3 Å². The van der Waals surface area contributed by atoms with Crippen LogP contribution in [0.1, 0.15) is 11.1 Å². The Morgan fingerprint density at radius 1 is 1.00 bits per heavy atom. The number of rotatable bonds is 7. The third kappa shape index (κ3) is 4.56. The Hall–Kier alpha value is -2.52. The van der Waals surface area contributed by atoms with Gasteiger partial charge in [-0.05, 0) is 23.3 Å². The van der Waals surface area contributed by atoms with E-state index in [1.807, 2.05) is 48.7 Å². The predicted octanol–water partition coefficient (Wildman–Crippen LogP) is 2.39. The molecule has 0 unspecified atom stereocenters. The Kier molecular flexibility index (Phi) is 6.05. The van der Waals surface area contributed by atoms with Gasteiger partial charge in [-0.3, -0.25) is 5.10 Å². The largest absolute Gasteiger partial charge is 0.379 e. The van der Waals surface area contributed by atoms with Crippen molar-refractivity contribution in [1.29, 1.82) is 0 Å². The maximum atomic E-state index is 12.7. The normalized spacial score (nSPS) is 15.4. The van der Waals surface area contributed by atoms with E-state index >= 15 is 0 Å². The van der Waals surface area contributed by atoms with Gasteiger partial charge in [-0.2, -0.15) is 9.40 Å². The van der Waals surface area contributed by atoms with E-state index in [2.05, 4.69) is 15.5 Å². The first kappa shape index (κ1) is 19.8. The number of morpholine rings is 1. The number of ether oxygens (including phenoxy) is 1. The van der Waals surface area contributed by atoms with E-state index in [0.717, 1.165) is 22.4 Å². The van der Waals surface area contributed by atoms with Crippen LogP contribution in [0.25, 0.3) is 11.3 Å². The molecule has 1 aliphatic rings. The number of nitrogens with one attached hydrogen (secondary N) is 2. The van der Waals surface area contributed by atoms with Crippen LogP contribution in [0.15, 0.2) is 65.7 Å². The lowest BCUT2D eigenvalue weighted by Gasteiger charge is -2.26. The highest BCUT2D eigenvalue weighted by Gasteiger charge is 2.26. The zero-order valence-electron chi connectivity index (χ0n) is 16.0. The molecule has 1 saturated heterocycles. The van der Waals surface area contributed by atoms with Crippen molar-refractivity contribution in [3.8, 4) is 11.3 Å². The molecular formula is C21H24N4O3S. The molecule has 1 fully saturated rings. The Labute approximate surface area is 170 Å². The van der Waals surface area contributed by atoms with Crippen LogP contribution in [0.4, 0.5) is 0 Å². The van der Waals surface area contributed by atoms with Gasteiger partial charge in [-0.25, -0.2) is 8.42 Å². The summed E-state index contributed by atoms with van der Waals surface area (Å²) in [5, 5.41) is 10.6. The highest BCUT2D eigenvalue weighted by Crippen LogP contribution is 2.21. The average molecular weight is 413 g/mol. The first-order chi connectivity index (χ1) is 14.1. The van der Waals surface area contributed by atoms with Gasteiger partial charge in [-0.1, -0.05) is 42.5 Å². The molecule has 2 aromatic carbocycles. The van der Waals surface area contributed by atoms with E-state index in [4.69, 9.17) is 4.74 Å². The first-order valence-corrected chi connectivity index (χ1v) is 11.0. The molecule has 0 radical (unpaired) electrons. The lowest BCUT2D eigenvalue weighted by atomic mass is 10.1. The lowest BCUT2D eigenvalue weighted by molar-refractivity contribution is 0.0730. The quantitative estimate of drug-likeness (QED) is 0.622. The maximum Gasteiger partial charge on any atom is 0.243 e. The number of benzene rings is 2. The number of nitrogens with zero attached hydrogens (tertiary/aromatic N) is 2. The summed E-state index contributed by atoms with van der Waals surface area (Å²) in [5.41, 5.74) is 4.21. The van der Waals surface area contributed by atoms with Gasteiger partial charge in [0.15, 0.2) is 0 Å². The Balaban J connectivity index is 1.36. The van der Waals surface area contributed by atoms with Gasteiger partial charge in [-0.15, -0.1) is 0 Å². The minimum atomic E-state index is -3.45. The van der Waals surface area contributed by atoms with Crippen molar-refractivity contribution in [3.05, 3.63) is 71.9 Å². The van der Waals surface area contributed by atoms with Crippen LogP contribution in [-0.2, 0) is 27.8 Å². The number of aromatic amines is 1. The number of hydrogen-bond acceptors (Lipinski definition) is 5. The predicted molar refractivity (Wildman–Crippen MR) is 111 cm³/mol. The molecular weight excluding hydrogens is 388 g/mol. The SMILES string of the molecule is O=S(=O)(c1ccc(CNCc2cn[nH]c2-c2ccccc2)cc1)N1CCOCC1. The summed E-state index contributed by atoms with van der Waals surface area (Å²) in [6.45, 7) is 2.99. The molecule has 0 spiro atoms. The fourth-order valence-electron chi connectivity index (χ4n) is 3.36. The summed E-state index contributed by atoms with van der Waals surface area (Å²) in [7, 11) is -3.45. The number of hydrogen-bond donors (Lipinski definition) is 2. The van der Waals surface area contributed by atoms with Crippen molar-refractivity contribution in [3.63, 3.8) is 0 Å². The molecule has 0 saturated carbocycles. The molecule has 1 aromatic heterocycles. The van der Waals surface area contributed by atoms with Gasteiger partial charge in [0, 0.05) is 31.7 Å². The molecule has 0 aliphatic carbocycles. The highest BCUT2D eigenvalue weighted by atomic mass is 32.2. The molecule has 2 N–H and O–H groups in total. The fraction of sp³-hybridized carbons (Fsp3) is 0.286. The van der Waals surface area contributed by atoms with Crippen LogP contribution in [-0.4, -0.2) is 49.2 Å². The van der Waals surface area contributed by atoms with E-state index in [1.54, 1.807) is 12.1 Å². The summed E-state index contributed by atoms with van der Waals surface area (Å²) in [5.74, 6) is 0. The summed E-state index contributed by atoms with van der Waals surface area (Å²) in [4.78, 5) is 0.323. The average Bonchev–Trinajstić information content (AvgIpc) is 3.24. The Morgan fingerprint density at radius 2 is 1.72 bits per heavy atom. The van der Waals surface area contributed by atoms with Gasteiger partial charge < -0.3 is 10.1 Å². The molecule has 1 aliphatic heterocycles. The van der Waals surface area contributed by atoms with Crippen LogP contribution < -0.4 is 5.32 Å². The number of aromatic nitrogens is 2. The highest BCUT2D eigenvalue weighted by molar-refractivity contribution is 7.89. The minimum Gasteiger partial charge on any atom is -0.379 e. The standard InChI is InChI=1S/C21H24N4O3S/c26-29(27,25-10-12-28-13-11-25)20-8-6-17(7-9-20)14-22-15-19-16-23-24-21(19)18-4-2-1-3-5-18/h1-9,16,22H,10-15H2,(H,23,24). The van der Waals surface area contributed by atoms with Crippen molar-refractivity contribution < 1.29 is 13.2 Å². The van der Waals surface area contributed by atoms with Crippen molar-refractivity contribution in [2.75, 3.05) is 26.3 Å². The number of H-pyrrole nitrogens is 1. The van der Waals surface area contributed by atoms with Crippen molar-refractivity contribution in [2.45, 2.75) is 18.0 Å². The molecule has 2 heterocycles. The smallest absolute Gasteiger partial charge is 0.243 e. The number of sulfonamides is 1. The molecule has 0 amide bonds. The monoisotopic (exact) mass is 412 g/mol. The molecule has 4 rings (SSSR count). The van der Waals surface area contributed by atoms with Gasteiger partial charge in [0.2, 0.25) is 10.0 Å². The van der Waals surface area contributed by atoms with Crippen molar-refractivity contribution >= 4 is 10.0 Å². The third-order valence-corrected chi connectivity index (χ3v) is 6.87. The molecule has 3 aromatic rings. The summed E-state index contributed by atoms with van der Waals surface area (Å²) in [6, 6.07) is 17.1. The Morgan fingerprint density at radius 3 is 2.45 bits per heavy atom. The third-order valence-electron chi connectivity index (χ3n) is 4.96. The first-order valence-electron chi connectivity index (χ1n) is 9.60. The lowest BCUT2D eigenvalue weighted by Crippen LogP contribution is -2.40. The van der Waals surface area contributed by atoms with E-state index < -0.39 is 10.0 Å². The van der Waals surface area contributed by atoms with Crippen LogP contribution in [0.3, 0.4) is 0 Å². The van der Waals surface area contributed by atoms with Gasteiger partial charge >= 0.3 is 0 Å². The second-order valence-corrected chi connectivity index (χ2v) is 8.84. The maximum absolute atomic E-state index is 12.7. The molecule has 0 bridgehead atoms. The second-order valence-electron chi connectivity index (χ2n) is 6.90. The van der Waals surface area contributed by atoms with Gasteiger partial charge in [0.05, 0.1) is 30.0 Å². The van der Waals surface area contributed by atoms with Crippen LogP contribution in [0.2, 0.25) is 0 Å². The molecule has 29 heavy (non-hydrogen) atoms. The zero-order valence-corrected chi connectivity index (χ0v) is 16.9. The summed E-state index contributed by atoms with van der Waals surface area (Å²) >= 11 is 0. The molecule has 152 valence electrons.